The third-order valence-corrected chi connectivity index (χ3v) is 9.65. The monoisotopic (exact) mass is 784 g/mol. The Morgan fingerprint density at radius 3 is 0.754 bits per heavy atom. The summed E-state index contributed by atoms with van der Waals surface area (Å²) in [5.74, 6) is 0. The summed E-state index contributed by atoms with van der Waals surface area (Å²) in [5.41, 5.74) is 5.76. The summed E-state index contributed by atoms with van der Waals surface area (Å²) < 4.78 is 14.8. The minimum Gasteiger partial charge on any atom is -0.381 e. The van der Waals surface area contributed by atoms with Crippen molar-refractivity contribution in [3.63, 3.8) is 0 Å². The predicted molar refractivity (Wildman–Crippen MR) is 235 cm³/mol. The molecule has 0 spiro atoms. The van der Waals surface area contributed by atoms with E-state index in [0.29, 0.717) is 17.1 Å². The van der Waals surface area contributed by atoms with Crippen LogP contribution in [-0.4, -0.2) is 71.9 Å². The van der Waals surface area contributed by atoms with Gasteiger partial charge >= 0.3 is 0 Å². The molecule has 3 heterocycles. The summed E-state index contributed by atoms with van der Waals surface area (Å²) >= 11 is 0. The molecule has 4 aromatic rings. The third-order valence-electron chi connectivity index (χ3n) is 9.65. The third kappa shape index (κ3) is 13.6. The lowest BCUT2D eigenvalue weighted by Gasteiger charge is -2.34. The lowest BCUT2D eigenvalue weighted by molar-refractivity contribution is 0.181. The van der Waals surface area contributed by atoms with Crippen molar-refractivity contribution < 1.29 is 29.8 Å². The normalized spacial score (nSPS) is 15.4. The number of benzene rings is 4. The highest BCUT2D eigenvalue weighted by Gasteiger charge is 2.27. The minimum atomic E-state index is -0.524. The summed E-state index contributed by atoms with van der Waals surface area (Å²) in [4.78, 5) is 0. The second-order valence-corrected chi connectivity index (χ2v) is 17.8. The van der Waals surface area contributed by atoms with E-state index in [-0.39, 0.29) is 0 Å². The number of nitrogens with zero attached hydrogens (tertiary/aromatic N) is 3. The van der Waals surface area contributed by atoms with Crippen LogP contribution in [0.15, 0.2) is 91.0 Å². The average molecular weight is 784 g/mol. The van der Waals surface area contributed by atoms with Crippen LogP contribution in [0.3, 0.4) is 0 Å². The van der Waals surface area contributed by atoms with E-state index in [1.165, 1.54) is 53.7 Å². The molecule has 3 fully saturated rings. The van der Waals surface area contributed by atoms with E-state index >= 15 is 0 Å². The average Bonchev–Trinajstić information content (AvgIpc) is 4.04. The first kappa shape index (κ1) is 45.7. The van der Waals surface area contributed by atoms with Crippen LogP contribution in [0.2, 0.25) is 0 Å². The van der Waals surface area contributed by atoms with Crippen molar-refractivity contribution in [2.24, 2.45) is 0 Å². The lowest BCUT2D eigenvalue weighted by atomic mass is 9.90. The van der Waals surface area contributed by atoms with Crippen molar-refractivity contribution in [3.8, 4) is 33.4 Å². The van der Waals surface area contributed by atoms with Crippen LogP contribution >= 0.6 is 0 Å². The summed E-state index contributed by atoms with van der Waals surface area (Å²) in [5, 5.41) is 37.6. The fourth-order valence-electron chi connectivity index (χ4n) is 6.42. The molecule has 0 radical (unpaired) electrons. The number of hydrogen-bond donors (Lipinski definition) is 3. The van der Waals surface area contributed by atoms with Gasteiger partial charge in [-0.3, -0.25) is 30.8 Å². The van der Waals surface area contributed by atoms with Gasteiger partial charge in [-0.15, -0.1) is 0 Å². The standard InChI is InChI=1S/C36H45N3O3.3C4H8O/c1-34(2,3)37(40)31-19-13-10-16-28(31)25-22-26(29-17-11-14-20-32(29)38(41)35(4,5)6)24-27(23-25)30-18-12-15-21-33(30)39(42)36(7,8)9;3*1-2-4-5-3-1/h10-24,40-42H,1-9H3;3*1-4H2. The van der Waals surface area contributed by atoms with Crippen molar-refractivity contribution in [3.05, 3.63) is 91.0 Å². The van der Waals surface area contributed by atoms with Crippen LogP contribution < -0.4 is 15.2 Å². The summed E-state index contributed by atoms with van der Waals surface area (Å²) in [6, 6.07) is 29.7. The number of ether oxygens (including phenoxy) is 3. The number of hydrogen-bond acceptors (Lipinski definition) is 9. The van der Waals surface area contributed by atoms with Crippen molar-refractivity contribution in [2.75, 3.05) is 54.8 Å². The maximum atomic E-state index is 11.2. The van der Waals surface area contributed by atoms with Crippen LogP contribution in [0.1, 0.15) is 101 Å². The highest BCUT2D eigenvalue weighted by Crippen LogP contribution is 2.43. The highest BCUT2D eigenvalue weighted by atomic mass is 16.5. The second kappa shape index (κ2) is 21.2. The van der Waals surface area contributed by atoms with Crippen molar-refractivity contribution >= 4 is 17.1 Å². The number of anilines is 3. The Balaban J connectivity index is 0.000000395. The number of rotatable bonds is 6. The zero-order chi connectivity index (χ0) is 41.6. The van der Waals surface area contributed by atoms with E-state index in [1.54, 1.807) is 0 Å². The van der Waals surface area contributed by atoms with Gasteiger partial charge in [0, 0.05) is 56.3 Å². The molecule has 0 atom stereocenters. The van der Waals surface area contributed by atoms with Crippen molar-refractivity contribution in [2.45, 2.75) is 117 Å². The molecule has 0 aliphatic carbocycles. The van der Waals surface area contributed by atoms with E-state index < -0.39 is 16.6 Å². The van der Waals surface area contributed by atoms with E-state index in [2.05, 4.69) is 18.2 Å². The molecule has 3 aliphatic rings. The fourth-order valence-corrected chi connectivity index (χ4v) is 6.42. The summed E-state index contributed by atoms with van der Waals surface area (Å²) in [7, 11) is 0. The zero-order valence-corrected chi connectivity index (χ0v) is 36.1. The first-order valence-electron chi connectivity index (χ1n) is 20.6. The highest BCUT2D eigenvalue weighted by molar-refractivity contribution is 5.91. The predicted octanol–water partition coefficient (Wildman–Crippen LogP) is 12.1. The van der Waals surface area contributed by atoms with Gasteiger partial charge in [-0.25, -0.2) is 0 Å². The molecule has 0 aromatic heterocycles. The Morgan fingerprint density at radius 1 is 0.368 bits per heavy atom. The molecule has 57 heavy (non-hydrogen) atoms. The molecule has 0 amide bonds. The van der Waals surface area contributed by atoms with Gasteiger partial charge in [0.25, 0.3) is 0 Å². The van der Waals surface area contributed by atoms with Gasteiger partial charge in [-0.05, 0) is 154 Å². The quantitative estimate of drug-likeness (QED) is 0.165. The van der Waals surface area contributed by atoms with Gasteiger partial charge in [-0.2, -0.15) is 0 Å². The van der Waals surface area contributed by atoms with Gasteiger partial charge in [0.05, 0.1) is 33.7 Å². The van der Waals surface area contributed by atoms with Crippen molar-refractivity contribution in [1.82, 2.24) is 0 Å². The Labute approximate surface area is 342 Å². The molecule has 312 valence electrons. The van der Waals surface area contributed by atoms with Gasteiger partial charge < -0.3 is 14.2 Å². The van der Waals surface area contributed by atoms with Gasteiger partial charge in [-0.1, -0.05) is 54.6 Å². The fraction of sp³-hybridized carbons (Fsp3) is 0.500. The molecular weight excluding hydrogens is 715 g/mol. The van der Waals surface area contributed by atoms with E-state index in [9.17, 15) is 15.6 Å². The van der Waals surface area contributed by atoms with Crippen molar-refractivity contribution in [1.29, 1.82) is 0 Å². The van der Waals surface area contributed by atoms with E-state index in [1.807, 2.05) is 135 Å². The summed E-state index contributed by atoms with van der Waals surface area (Å²) in [6.45, 7) is 23.6. The largest absolute Gasteiger partial charge is 0.381 e. The maximum Gasteiger partial charge on any atom is 0.0718 e. The zero-order valence-electron chi connectivity index (χ0n) is 36.1. The number of para-hydroxylation sites is 3. The molecule has 9 heteroatoms. The lowest BCUT2D eigenvalue weighted by Crippen LogP contribution is -2.39. The van der Waals surface area contributed by atoms with Crippen LogP contribution in [0, 0.1) is 0 Å². The smallest absolute Gasteiger partial charge is 0.0718 e. The molecule has 4 aromatic carbocycles. The Morgan fingerprint density at radius 2 is 0.579 bits per heavy atom. The van der Waals surface area contributed by atoms with E-state index in [4.69, 9.17) is 14.2 Å². The molecule has 3 saturated heterocycles. The molecule has 3 N–H and O–H groups in total. The topological polar surface area (TPSA) is 98.1 Å². The molecular formula is C48H69N3O6. The summed E-state index contributed by atoms with van der Waals surface area (Å²) in [6.07, 6.45) is 7.67. The molecule has 3 aliphatic heterocycles. The molecule has 9 nitrogen and oxygen atoms in total. The molecule has 0 unspecified atom stereocenters. The van der Waals surface area contributed by atoms with Gasteiger partial charge in [0.15, 0.2) is 0 Å². The maximum absolute atomic E-state index is 11.2. The number of hydroxylamine groups is 3. The van der Waals surface area contributed by atoms with Gasteiger partial charge in [0.2, 0.25) is 0 Å². The Hall–Kier alpha value is -3.96. The second-order valence-electron chi connectivity index (χ2n) is 17.8. The molecule has 0 bridgehead atoms. The minimum absolute atomic E-state index is 0.524. The van der Waals surface area contributed by atoms with Crippen LogP contribution in [0.25, 0.3) is 33.4 Å². The van der Waals surface area contributed by atoms with Crippen LogP contribution in [-0.2, 0) is 14.2 Å². The van der Waals surface area contributed by atoms with E-state index in [0.717, 1.165) is 73.0 Å². The van der Waals surface area contributed by atoms with Crippen LogP contribution in [0.5, 0.6) is 0 Å². The van der Waals surface area contributed by atoms with Gasteiger partial charge in [0.1, 0.15) is 0 Å². The first-order valence-corrected chi connectivity index (χ1v) is 20.6. The molecule has 0 saturated carbocycles. The Kier molecular flexibility index (Phi) is 17.0. The Bertz CT molecular complexity index is 1550. The van der Waals surface area contributed by atoms with Crippen LogP contribution in [0.4, 0.5) is 17.1 Å². The molecule has 7 rings (SSSR count). The SMILES string of the molecule is C1CCOC1.C1CCOC1.C1CCOC1.CC(C)(C)N(O)c1ccccc1-c1cc(-c2ccccc2N(O)C(C)(C)C)cc(-c2ccccc2N(O)C(C)(C)C)c1. The first-order chi connectivity index (χ1) is 27.0.